The first-order chi connectivity index (χ1) is 1.73. The van der Waals surface area contributed by atoms with Crippen LogP contribution in [-0.2, 0) is 22.5 Å². The summed E-state index contributed by atoms with van der Waals surface area (Å²) in [5.74, 6) is 0. The van der Waals surface area contributed by atoms with Crippen LogP contribution in [0, 0.1) is 0 Å². The van der Waals surface area contributed by atoms with E-state index in [0.29, 0.717) is 0 Å². The summed E-state index contributed by atoms with van der Waals surface area (Å²) in [7, 11) is 0. The largest absolute Gasteiger partial charge is 3.00 e. The molecule has 0 aromatic heterocycles. The third-order valence-corrected chi connectivity index (χ3v) is 0. The third-order valence-electron chi connectivity index (χ3n) is 0. The first kappa shape index (κ1) is 17.2. The number of hydrogen-bond acceptors (Lipinski definition) is 2. The summed E-state index contributed by atoms with van der Waals surface area (Å²) in [6.07, 6.45) is -2.08. The predicted octanol–water partition coefficient (Wildman–Crippen LogP) is -1.23. The van der Waals surface area contributed by atoms with E-state index >= 15 is 0 Å². The van der Waals surface area contributed by atoms with Gasteiger partial charge in [0.05, 0.1) is 0 Å². The van der Waals surface area contributed by atoms with Crippen LogP contribution in [0.25, 0.3) is 0 Å². The van der Waals surface area contributed by atoms with Gasteiger partial charge in [-0.25, -0.2) is 0 Å². The van der Waals surface area contributed by atoms with Crippen molar-refractivity contribution in [2.24, 2.45) is 0 Å². The van der Waals surface area contributed by atoms with Crippen LogP contribution in [-0.4, -0.2) is 11.3 Å². The monoisotopic (exact) mass is 133 g/mol. The van der Waals surface area contributed by atoms with Crippen molar-refractivity contribution < 1.29 is 37.6 Å². The zero-order valence-corrected chi connectivity index (χ0v) is 3.63. The van der Waals surface area contributed by atoms with Crippen molar-refractivity contribution in [3.8, 4) is 0 Å². The summed E-state index contributed by atoms with van der Waals surface area (Å²) in [5, 5.41) is 15.3. The van der Waals surface area contributed by atoms with E-state index in [0.717, 1.165) is 0 Å². The molecule has 0 aliphatic heterocycles. The molecule has 6 heavy (non-hydrogen) atoms. The molecule has 0 saturated heterocycles. The standard InChI is InChI=1S/CH2O3.Fe.O/c2-1(3)4;;/h(H2,2,3,4);;/q;+3;-2/p-1. The van der Waals surface area contributed by atoms with Crippen LogP contribution in [0.3, 0.4) is 0 Å². The van der Waals surface area contributed by atoms with Crippen LogP contribution in [0.2, 0.25) is 0 Å². The summed E-state index contributed by atoms with van der Waals surface area (Å²) in [5.41, 5.74) is 0. The fourth-order valence-corrected chi connectivity index (χ4v) is 0. The molecular weight excluding hydrogens is 132 g/mol. The van der Waals surface area contributed by atoms with E-state index in [-0.39, 0.29) is 22.5 Å². The Morgan fingerprint density at radius 3 is 1.67 bits per heavy atom. The summed E-state index contributed by atoms with van der Waals surface area (Å²) in [6.45, 7) is 0. The van der Waals surface area contributed by atoms with Crippen molar-refractivity contribution in [3.63, 3.8) is 0 Å². The molecule has 4 nitrogen and oxygen atoms in total. The smallest absolute Gasteiger partial charge is 2.00 e. The second kappa shape index (κ2) is 8.83. The number of carbonyl (C=O) groups is 1. The minimum atomic E-state index is -2.08. The Bertz CT molecular complexity index is 30.5. The van der Waals surface area contributed by atoms with Gasteiger partial charge in [-0.15, -0.1) is 0 Å². The number of carboxylic acid groups (broad SMARTS) is 2. The van der Waals surface area contributed by atoms with Gasteiger partial charge in [-0.2, -0.15) is 0 Å². The van der Waals surface area contributed by atoms with E-state index in [2.05, 4.69) is 0 Å². The van der Waals surface area contributed by atoms with Gasteiger partial charge in [-0.05, 0) is 0 Å². The Labute approximate surface area is 44.6 Å². The third kappa shape index (κ3) is 452. The zero-order chi connectivity index (χ0) is 3.58. The van der Waals surface area contributed by atoms with Gasteiger partial charge in [0.2, 0.25) is 6.16 Å². The summed E-state index contributed by atoms with van der Waals surface area (Å²) < 4.78 is 0. The van der Waals surface area contributed by atoms with Crippen LogP contribution in [0.1, 0.15) is 0 Å². The molecule has 0 atom stereocenters. The Balaban J connectivity index is -0.0000000450. The van der Waals surface area contributed by atoms with E-state index in [4.69, 9.17) is 15.0 Å². The van der Waals surface area contributed by atoms with E-state index in [9.17, 15) is 0 Å². The molecule has 0 unspecified atom stereocenters. The van der Waals surface area contributed by atoms with Gasteiger partial charge in [0.25, 0.3) is 0 Å². The first-order valence-corrected chi connectivity index (χ1v) is 0.632. The van der Waals surface area contributed by atoms with Gasteiger partial charge in [0, 0.05) is 0 Å². The second-order valence-electron chi connectivity index (χ2n) is 0.266. The van der Waals surface area contributed by atoms with E-state index in [1.54, 1.807) is 0 Å². The predicted molar refractivity (Wildman–Crippen MR) is 8.71 cm³/mol. The molecule has 1 N–H and O–H groups in total. The molecule has 0 spiro atoms. The van der Waals surface area contributed by atoms with Gasteiger partial charge in [-0.1, -0.05) is 0 Å². The van der Waals surface area contributed by atoms with Crippen LogP contribution < -0.4 is 5.11 Å². The van der Waals surface area contributed by atoms with Crippen molar-refractivity contribution in [2.45, 2.75) is 0 Å². The van der Waals surface area contributed by atoms with Crippen LogP contribution in [0.5, 0.6) is 0 Å². The molecule has 37 valence electrons. The minimum Gasteiger partial charge on any atom is -2.00 e. The first-order valence-electron chi connectivity index (χ1n) is 0.632. The summed E-state index contributed by atoms with van der Waals surface area (Å²) in [4.78, 5) is 8.44. The topological polar surface area (TPSA) is 88.9 Å². The van der Waals surface area contributed by atoms with Gasteiger partial charge in [-0.3, -0.25) is 0 Å². The summed E-state index contributed by atoms with van der Waals surface area (Å²) >= 11 is 0. The maximum absolute atomic E-state index is 8.44. The van der Waals surface area contributed by atoms with Gasteiger partial charge in [0.15, 0.2) is 0 Å². The maximum atomic E-state index is 8.44. The Morgan fingerprint density at radius 1 is 1.67 bits per heavy atom. The average Bonchev–Trinajstić information content (AvgIpc) is 0.811. The molecule has 0 aliphatic rings. The Kier molecular flexibility index (Phi) is 25.3. The SMILES string of the molecule is O=C([O-])O.[Fe+3].[O-2]. The van der Waals surface area contributed by atoms with Crippen molar-refractivity contribution in [3.05, 3.63) is 0 Å². The molecule has 0 saturated carbocycles. The molecule has 0 fully saturated rings. The summed E-state index contributed by atoms with van der Waals surface area (Å²) in [6, 6.07) is 0. The Hall–Kier alpha value is -0.251. The molecule has 0 amide bonds. The average molecular weight is 133 g/mol. The quantitative estimate of drug-likeness (QED) is 0.419. The molecule has 0 aromatic carbocycles. The molecule has 1 radical (unpaired) electrons. The van der Waals surface area contributed by atoms with Gasteiger partial charge in [0.1, 0.15) is 0 Å². The van der Waals surface area contributed by atoms with E-state index < -0.39 is 6.16 Å². The molecular formula is CHFeO4. The van der Waals surface area contributed by atoms with Crippen LogP contribution in [0.15, 0.2) is 0 Å². The van der Waals surface area contributed by atoms with Crippen molar-refractivity contribution in [2.75, 3.05) is 0 Å². The zero-order valence-electron chi connectivity index (χ0n) is 2.53. The normalized spacial score (nSPS) is 4.00. The molecule has 0 rings (SSSR count). The second-order valence-corrected chi connectivity index (χ2v) is 0.266. The van der Waals surface area contributed by atoms with Crippen molar-refractivity contribution in [1.82, 2.24) is 0 Å². The van der Waals surface area contributed by atoms with Crippen molar-refractivity contribution in [1.29, 1.82) is 0 Å². The van der Waals surface area contributed by atoms with Crippen LogP contribution in [0.4, 0.5) is 4.79 Å². The van der Waals surface area contributed by atoms with E-state index in [1.165, 1.54) is 0 Å². The molecule has 5 heteroatoms. The molecule has 0 aromatic rings. The van der Waals surface area contributed by atoms with Crippen molar-refractivity contribution >= 4 is 6.16 Å². The fraction of sp³-hybridized carbons (Fsp3) is 0. The molecule has 0 heterocycles. The van der Waals surface area contributed by atoms with Gasteiger partial charge >= 0.3 is 17.1 Å². The maximum Gasteiger partial charge on any atom is 3.00 e. The van der Waals surface area contributed by atoms with E-state index in [1.807, 2.05) is 0 Å². The van der Waals surface area contributed by atoms with Crippen LogP contribution >= 0.6 is 0 Å². The molecule has 0 bridgehead atoms. The van der Waals surface area contributed by atoms with Gasteiger partial charge < -0.3 is 20.5 Å². The number of rotatable bonds is 0. The Morgan fingerprint density at radius 2 is 1.67 bits per heavy atom. The minimum absolute atomic E-state index is 0. The molecule has 0 aliphatic carbocycles. The number of hydrogen-bond donors (Lipinski definition) is 1. The fourth-order valence-electron chi connectivity index (χ4n) is 0.